The largest absolute Gasteiger partial charge is 0.329 e. The maximum absolute atomic E-state index is 11.8. The quantitative estimate of drug-likeness (QED) is 0.605. The number of fused-ring (bicyclic) bond motifs is 1. The molecule has 84 valence electrons. The van der Waals surface area contributed by atoms with Crippen LogP contribution in [0, 0.1) is 0 Å². The SMILES string of the molecule is C=CCn1c(Cl)nc2[nH]c(=O)n(C)c(=O)c21. The van der Waals surface area contributed by atoms with Gasteiger partial charge in [-0.15, -0.1) is 6.58 Å². The lowest BCUT2D eigenvalue weighted by Crippen LogP contribution is -2.33. The molecule has 0 amide bonds. The van der Waals surface area contributed by atoms with Crippen molar-refractivity contribution >= 4 is 22.8 Å². The second kappa shape index (κ2) is 3.64. The van der Waals surface area contributed by atoms with Crippen molar-refractivity contribution in [1.29, 1.82) is 0 Å². The predicted octanol–water partition coefficient (Wildman–Crippen LogP) is 0.263. The third-order valence-corrected chi connectivity index (χ3v) is 2.56. The molecule has 0 aliphatic heterocycles. The minimum Gasteiger partial charge on any atom is -0.305 e. The first-order valence-corrected chi connectivity index (χ1v) is 4.90. The van der Waals surface area contributed by atoms with E-state index < -0.39 is 11.2 Å². The number of allylic oxidation sites excluding steroid dienone is 1. The van der Waals surface area contributed by atoms with Gasteiger partial charge in [0.1, 0.15) is 0 Å². The molecule has 0 radical (unpaired) electrons. The average Bonchev–Trinajstić information content (AvgIpc) is 2.53. The van der Waals surface area contributed by atoms with Gasteiger partial charge in [0.25, 0.3) is 5.56 Å². The summed E-state index contributed by atoms with van der Waals surface area (Å²) in [7, 11) is 1.39. The van der Waals surface area contributed by atoms with E-state index >= 15 is 0 Å². The summed E-state index contributed by atoms with van der Waals surface area (Å²) in [5.74, 6) is 0. The summed E-state index contributed by atoms with van der Waals surface area (Å²) in [4.78, 5) is 29.6. The third-order valence-electron chi connectivity index (χ3n) is 2.27. The van der Waals surface area contributed by atoms with Gasteiger partial charge in [0.05, 0.1) is 0 Å². The van der Waals surface area contributed by atoms with E-state index in [-0.39, 0.29) is 16.4 Å². The summed E-state index contributed by atoms with van der Waals surface area (Å²) in [5, 5.41) is 0.147. The summed E-state index contributed by atoms with van der Waals surface area (Å²) >= 11 is 5.86. The molecule has 0 saturated carbocycles. The fraction of sp³-hybridized carbons (Fsp3) is 0.222. The van der Waals surface area contributed by atoms with Crippen LogP contribution in [0.1, 0.15) is 0 Å². The first kappa shape index (κ1) is 10.7. The highest BCUT2D eigenvalue weighted by Gasteiger charge is 2.14. The van der Waals surface area contributed by atoms with Crippen LogP contribution in [0.4, 0.5) is 0 Å². The van der Waals surface area contributed by atoms with E-state index in [0.29, 0.717) is 6.54 Å². The Morgan fingerprint density at radius 1 is 1.56 bits per heavy atom. The standard InChI is InChI=1S/C9H9ClN4O2/c1-3-4-14-5-6(11-8(14)10)12-9(16)13(2)7(5)15/h3H,1,4H2,2H3,(H,12,16). The van der Waals surface area contributed by atoms with Crippen molar-refractivity contribution in [3.8, 4) is 0 Å². The van der Waals surface area contributed by atoms with E-state index in [0.717, 1.165) is 4.57 Å². The Morgan fingerprint density at radius 3 is 2.88 bits per heavy atom. The van der Waals surface area contributed by atoms with E-state index in [4.69, 9.17) is 11.6 Å². The molecule has 16 heavy (non-hydrogen) atoms. The van der Waals surface area contributed by atoms with E-state index in [2.05, 4.69) is 16.5 Å². The maximum Gasteiger partial charge on any atom is 0.329 e. The summed E-state index contributed by atoms with van der Waals surface area (Å²) in [6.45, 7) is 3.92. The average molecular weight is 241 g/mol. The monoisotopic (exact) mass is 240 g/mol. The van der Waals surface area contributed by atoms with Gasteiger partial charge in [-0.3, -0.25) is 14.3 Å². The molecule has 6 nitrogen and oxygen atoms in total. The number of nitrogens with one attached hydrogen (secondary N) is 1. The van der Waals surface area contributed by atoms with Gasteiger partial charge in [-0.1, -0.05) is 6.08 Å². The van der Waals surface area contributed by atoms with Crippen LogP contribution in [0.2, 0.25) is 5.28 Å². The molecule has 2 heterocycles. The number of imidazole rings is 1. The minimum absolute atomic E-state index is 0.147. The lowest BCUT2D eigenvalue weighted by Gasteiger charge is -2.01. The fourth-order valence-corrected chi connectivity index (χ4v) is 1.70. The molecule has 1 N–H and O–H groups in total. The van der Waals surface area contributed by atoms with Crippen molar-refractivity contribution < 1.29 is 0 Å². The zero-order valence-corrected chi connectivity index (χ0v) is 9.28. The fourth-order valence-electron chi connectivity index (χ4n) is 1.46. The summed E-state index contributed by atoms with van der Waals surface area (Å²) in [5.41, 5.74) is -0.482. The van der Waals surface area contributed by atoms with Crippen LogP contribution >= 0.6 is 11.6 Å². The van der Waals surface area contributed by atoms with Gasteiger partial charge in [0, 0.05) is 13.6 Å². The van der Waals surface area contributed by atoms with Gasteiger partial charge in [-0.2, -0.15) is 4.98 Å². The second-order valence-electron chi connectivity index (χ2n) is 3.27. The van der Waals surface area contributed by atoms with Crippen LogP contribution in [0.5, 0.6) is 0 Å². The van der Waals surface area contributed by atoms with Gasteiger partial charge < -0.3 is 4.57 Å². The van der Waals surface area contributed by atoms with Crippen molar-refractivity contribution in [2.75, 3.05) is 0 Å². The molecule has 0 unspecified atom stereocenters. The number of H-pyrrole nitrogens is 1. The molecule has 0 fully saturated rings. The van der Waals surface area contributed by atoms with Gasteiger partial charge in [-0.05, 0) is 11.6 Å². The van der Waals surface area contributed by atoms with Gasteiger partial charge in [0.15, 0.2) is 11.2 Å². The summed E-state index contributed by atoms with van der Waals surface area (Å²) in [6.07, 6.45) is 1.59. The highest BCUT2D eigenvalue weighted by Crippen LogP contribution is 2.13. The molecule has 0 atom stereocenters. The number of nitrogens with zero attached hydrogens (tertiary/aromatic N) is 3. The van der Waals surface area contributed by atoms with Crippen LogP contribution < -0.4 is 11.2 Å². The van der Waals surface area contributed by atoms with Crippen LogP contribution in [0.3, 0.4) is 0 Å². The summed E-state index contributed by atoms with van der Waals surface area (Å²) < 4.78 is 2.46. The third kappa shape index (κ3) is 1.38. The first-order chi connectivity index (χ1) is 7.56. The Kier molecular flexibility index (Phi) is 2.43. The molecule has 7 heteroatoms. The van der Waals surface area contributed by atoms with Crippen molar-refractivity contribution in [2.24, 2.45) is 7.05 Å². The number of hydrogen-bond acceptors (Lipinski definition) is 3. The van der Waals surface area contributed by atoms with Crippen LogP contribution in [-0.2, 0) is 13.6 Å². The molecule has 2 aromatic heterocycles. The zero-order valence-electron chi connectivity index (χ0n) is 8.53. The Hall–Kier alpha value is -1.82. The zero-order chi connectivity index (χ0) is 11.9. The maximum atomic E-state index is 11.8. The summed E-state index contributed by atoms with van der Waals surface area (Å²) in [6, 6.07) is 0. The van der Waals surface area contributed by atoms with E-state index in [1.54, 1.807) is 6.08 Å². The van der Waals surface area contributed by atoms with E-state index in [1.165, 1.54) is 11.6 Å². The smallest absolute Gasteiger partial charge is 0.305 e. The number of rotatable bonds is 2. The van der Waals surface area contributed by atoms with E-state index in [1.807, 2.05) is 0 Å². The topological polar surface area (TPSA) is 72.7 Å². The highest BCUT2D eigenvalue weighted by atomic mass is 35.5. The number of hydrogen-bond donors (Lipinski definition) is 1. The highest BCUT2D eigenvalue weighted by molar-refractivity contribution is 6.29. The molecule has 0 bridgehead atoms. The number of aromatic amines is 1. The molecule has 2 rings (SSSR count). The van der Waals surface area contributed by atoms with Gasteiger partial charge in [0.2, 0.25) is 5.28 Å². The number of aromatic nitrogens is 4. The Morgan fingerprint density at radius 2 is 2.25 bits per heavy atom. The Bertz CT molecular complexity index is 679. The van der Waals surface area contributed by atoms with Crippen molar-refractivity contribution in [1.82, 2.24) is 19.1 Å². The number of halogens is 1. The molecule has 0 saturated heterocycles. The minimum atomic E-state index is -0.516. The lowest BCUT2D eigenvalue weighted by molar-refractivity contribution is 0.774. The molecular formula is C9H9ClN4O2. The van der Waals surface area contributed by atoms with Crippen molar-refractivity contribution in [3.05, 3.63) is 38.8 Å². The predicted molar refractivity (Wildman–Crippen MR) is 60.8 cm³/mol. The molecule has 0 aliphatic rings. The first-order valence-electron chi connectivity index (χ1n) is 4.52. The van der Waals surface area contributed by atoms with Crippen molar-refractivity contribution in [2.45, 2.75) is 6.54 Å². The lowest BCUT2D eigenvalue weighted by atomic mass is 10.5. The molecule has 0 aromatic carbocycles. The van der Waals surface area contributed by atoms with Crippen LogP contribution in [0.15, 0.2) is 22.2 Å². The normalized spacial score (nSPS) is 10.9. The van der Waals surface area contributed by atoms with Crippen LogP contribution in [-0.4, -0.2) is 19.1 Å². The Labute approximate surface area is 94.8 Å². The molecular weight excluding hydrogens is 232 g/mol. The van der Waals surface area contributed by atoms with Crippen molar-refractivity contribution in [3.63, 3.8) is 0 Å². The van der Waals surface area contributed by atoms with Crippen LogP contribution in [0.25, 0.3) is 11.2 Å². The molecule has 2 aromatic rings. The van der Waals surface area contributed by atoms with E-state index in [9.17, 15) is 9.59 Å². The van der Waals surface area contributed by atoms with Gasteiger partial charge in [-0.25, -0.2) is 4.79 Å². The molecule has 0 spiro atoms. The Balaban J connectivity index is 2.98. The molecule has 0 aliphatic carbocycles. The van der Waals surface area contributed by atoms with Gasteiger partial charge >= 0.3 is 5.69 Å². The second-order valence-corrected chi connectivity index (χ2v) is 3.61.